The molecule has 180 valence electrons. The molecule has 0 unspecified atom stereocenters. The minimum absolute atomic E-state index is 0.303. The Hall–Kier alpha value is -3.66. The van der Waals surface area contributed by atoms with Crippen molar-refractivity contribution in [2.45, 2.75) is 33.1 Å². The number of ether oxygens (including phenoxy) is 1. The summed E-state index contributed by atoms with van der Waals surface area (Å²) < 4.78 is 29.8. The Morgan fingerprint density at radius 2 is 1.74 bits per heavy atom. The molecule has 10 heteroatoms. The fraction of sp³-hybridized carbons (Fsp3) is 0.292. The van der Waals surface area contributed by atoms with Crippen LogP contribution in [-0.2, 0) is 15.4 Å². The van der Waals surface area contributed by atoms with Crippen LogP contribution in [0, 0.1) is 0 Å². The minimum atomic E-state index is -3.45. The quantitative estimate of drug-likeness (QED) is 0.411. The van der Waals surface area contributed by atoms with Crippen LogP contribution in [0.15, 0.2) is 63.4 Å². The first kappa shape index (κ1) is 25.0. The zero-order chi connectivity index (χ0) is 25.3. The molecule has 9 nitrogen and oxygen atoms in total. The maximum atomic E-state index is 12.5. The van der Waals surface area contributed by atoms with Gasteiger partial charge in [0.2, 0.25) is 10.0 Å². The van der Waals surface area contributed by atoms with E-state index in [1.807, 2.05) is 57.2 Å². The van der Waals surface area contributed by atoms with Gasteiger partial charge in [-0.2, -0.15) is 5.10 Å². The monoisotopic (exact) mass is 484 g/mol. The first-order chi connectivity index (χ1) is 15.8. The van der Waals surface area contributed by atoms with E-state index >= 15 is 0 Å². The fourth-order valence-electron chi connectivity index (χ4n) is 3.47. The van der Waals surface area contributed by atoms with Crippen molar-refractivity contribution in [1.82, 2.24) is 14.4 Å². The molecule has 2 N–H and O–H groups in total. The highest BCUT2D eigenvalue weighted by atomic mass is 32.2. The molecule has 0 bridgehead atoms. The van der Waals surface area contributed by atoms with E-state index in [0.717, 1.165) is 28.5 Å². The molecule has 34 heavy (non-hydrogen) atoms. The number of aromatic nitrogens is 2. The molecule has 3 aromatic rings. The number of rotatable bonds is 6. The summed E-state index contributed by atoms with van der Waals surface area (Å²) in [5.41, 5.74) is 3.00. The van der Waals surface area contributed by atoms with E-state index in [1.54, 1.807) is 14.0 Å². The molecule has 1 heterocycles. The summed E-state index contributed by atoms with van der Waals surface area (Å²) >= 11 is 0. The topological polar surface area (TPSA) is 123 Å². The largest absolute Gasteiger partial charge is 0.496 e. The summed E-state index contributed by atoms with van der Waals surface area (Å²) in [5.74, 6) is 0.672. The maximum Gasteiger partial charge on any atom is 0.332 e. The fourth-order valence-corrected chi connectivity index (χ4v) is 3.77. The van der Waals surface area contributed by atoms with Gasteiger partial charge in [0.15, 0.2) is 0 Å². The SMILES string of the molecule is COc1c(-c2ccc(/C(C)=N/NS(C)(=O)=O)cc2)cc(-n2ccc(=O)[nH]c2=O)cc1C(C)(C)C. The standard InChI is InChI=1S/C24H28N4O5S/c1-15(26-27-34(6,31)32)16-7-9-17(10-8-16)19-13-18(28-12-11-21(29)25-23(28)30)14-20(22(19)33-5)24(2,3)4/h7-14,27H,1-6H3,(H,25,29,30)/b26-15+. The normalized spacial score (nSPS) is 12.5. The van der Waals surface area contributed by atoms with E-state index in [2.05, 4.69) is 14.9 Å². The van der Waals surface area contributed by atoms with Gasteiger partial charge in [0.05, 0.1) is 24.8 Å². The highest BCUT2D eigenvalue weighted by molar-refractivity contribution is 7.88. The molecule has 0 radical (unpaired) electrons. The average molecular weight is 485 g/mol. The molecular weight excluding hydrogens is 456 g/mol. The molecule has 3 rings (SSSR count). The predicted octanol–water partition coefficient (Wildman–Crippen LogP) is 2.77. The Balaban J connectivity index is 2.18. The van der Waals surface area contributed by atoms with Crippen LogP contribution in [0.3, 0.4) is 0 Å². The third kappa shape index (κ3) is 5.63. The Morgan fingerprint density at radius 3 is 2.26 bits per heavy atom. The van der Waals surface area contributed by atoms with Crippen LogP contribution in [-0.4, -0.2) is 37.0 Å². The van der Waals surface area contributed by atoms with Gasteiger partial charge in [-0.1, -0.05) is 45.0 Å². The summed E-state index contributed by atoms with van der Waals surface area (Å²) in [6.45, 7) is 7.85. The van der Waals surface area contributed by atoms with E-state index in [1.165, 1.54) is 16.8 Å². The Kier molecular flexibility index (Phi) is 6.83. The Morgan fingerprint density at radius 1 is 1.09 bits per heavy atom. The van der Waals surface area contributed by atoms with E-state index < -0.39 is 21.3 Å². The second-order valence-corrected chi connectivity index (χ2v) is 10.7. The van der Waals surface area contributed by atoms with Gasteiger partial charge in [-0.15, -0.1) is 0 Å². The minimum Gasteiger partial charge on any atom is -0.496 e. The summed E-state index contributed by atoms with van der Waals surface area (Å²) in [5, 5.41) is 3.91. The van der Waals surface area contributed by atoms with Crippen molar-refractivity contribution >= 4 is 15.7 Å². The summed E-state index contributed by atoms with van der Waals surface area (Å²) in [4.78, 5) is 28.4. The zero-order valence-corrected chi connectivity index (χ0v) is 20.8. The van der Waals surface area contributed by atoms with Gasteiger partial charge in [0.1, 0.15) is 5.75 Å². The van der Waals surface area contributed by atoms with Crippen LogP contribution in [0.1, 0.15) is 38.8 Å². The number of hydrogen-bond acceptors (Lipinski definition) is 6. The van der Waals surface area contributed by atoms with Gasteiger partial charge in [-0.05, 0) is 35.6 Å². The highest BCUT2D eigenvalue weighted by Crippen LogP contribution is 2.41. The number of hydrogen-bond donors (Lipinski definition) is 2. The Labute approximate surface area is 198 Å². The number of nitrogens with zero attached hydrogens (tertiary/aromatic N) is 2. The second kappa shape index (κ2) is 9.30. The van der Waals surface area contributed by atoms with Crippen LogP contribution >= 0.6 is 0 Å². The van der Waals surface area contributed by atoms with Crippen molar-refractivity contribution in [3.05, 3.63) is 80.6 Å². The predicted molar refractivity (Wildman–Crippen MR) is 134 cm³/mol. The van der Waals surface area contributed by atoms with Crippen LogP contribution in [0.5, 0.6) is 5.75 Å². The lowest BCUT2D eigenvalue weighted by atomic mass is 9.83. The van der Waals surface area contributed by atoms with Gasteiger partial charge in [-0.3, -0.25) is 14.3 Å². The van der Waals surface area contributed by atoms with Crippen molar-refractivity contribution in [1.29, 1.82) is 0 Å². The molecule has 0 spiro atoms. The molecule has 0 saturated carbocycles. The van der Waals surface area contributed by atoms with Gasteiger partial charge < -0.3 is 4.74 Å². The number of benzene rings is 2. The second-order valence-electron chi connectivity index (χ2n) is 8.94. The van der Waals surface area contributed by atoms with Gasteiger partial charge >= 0.3 is 5.69 Å². The van der Waals surface area contributed by atoms with Gasteiger partial charge in [0.25, 0.3) is 5.56 Å². The molecule has 0 fully saturated rings. The van der Waals surface area contributed by atoms with E-state index in [0.29, 0.717) is 17.1 Å². The summed E-state index contributed by atoms with van der Waals surface area (Å²) in [6, 6.07) is 12.4. The molecule has 1 aromatic heterocycles. The molecule has 0 aliphatic heterocycles. The van der Waals surface area contributed by atoms with Crippen LogP contribution in [0.25, 0.3) is 16.8 Å². The van der Waals surface area contributed by atoms with Crippen molar-refractivity contribution in [2.24, 2.45) is 5.10 Å². The third-order valence-corrected chi connectivity index (χ3v) is 5.60. The van der Waals surface area contributed by atoms with Crippen LogP contribution < -0.4 is 20.8 Å². The summed E-state index contributed by atoms with van der Waals surface area (Å²) in [6.07, 6.45) is 2.48. The molecule has 0 atom stereocenters. The van der Waals surface area contributed by atoms with Gasteiger partial charge in [0, 0.05) is 23.4 Å². The first-order valence-corrected chi connectivity index (χ1v) is 12.4. The first-order valence-electron chi connectivity index (χ1n) is 10.5. The molecular formula is C24H28N4O5S. The summed E-state index contributed by atoms with van der Waals surface area (Å²) in [7, 11) is -1.85. The zero-order valence-electron chi connectivity index (χ0n) is 20.0. The van der Waals surface area contributed by atoms with Crippen LogP contribution in [0.2, 0.25) is 0 Å². The molecule has 2 aromatic carbocycles. The lowest BCUT2D eigenvalue weighted by Crippen LogP contribution is -2.27. The Bertz CT molecular complexity index is 1460. The van der Waals surface area contributed by atoms with Gasteiger partial charge in [-0.25, -0.2) is 18.0 Å². The number of sulfonamides is 1. The van der Waals surface area contributed by atoms with Crippen molar-refractivity contribution < 1.29 is 13.2 Å². The number of H-pyrrole nitrogens is 1. The molecule has 0 aliphatic rings. The number of aromatic amines is 1. The third-order valence-electron chi connectivity index (χ3n) is 5.18. The highest BCUT2D eigenvalue weighted by Gasteiger charge is 2.24. The smallest absolute Gasteiger partial charge is 0.332 e. The van der Waals surface area contributed by atoms with Crippen molar-refractivity contribution in [3.8, 4) is 22.6 Å². The van der Waals surface area contributed by atoms with Crippen LogP contribution in [0.4, 0.5) is 0 Å². The molecule has 0 aliphatic carbocycles. The average Bonchev–Trinajstić information content (AvgIpc) is 2.75. The van der Waals surface area contributed by atoms with E-state index in [4.69, 9.17) is 4.74 Å². The molecule has 0 amide bonds. The lowest BCUT2D eigenvalue weighted by molar-refractivity contribution is 0.399. The lowest BCUT2D eigenvalue weighted by Gasteiger charge is -2.25. The maximum absolute atomic E-state index is 12.5. The van der Waals surface area contributed by atoms with Crippen molar-refractivity contribution in [3.63, 3.8) is 0 Å². The van der Waals surface area contributed by atoms with E-state index in [9.17, 15) is 18.0 Å². The number of nitrogens with one attached hydrogen (secondary N) is 2. The van der Waals surface area contributed by atoms with Crippen molar-refractivity contribution in [2.75, 3.05) is 13.4 Å². The number of hydrazone groups is 1. The molecule has 0 saturated heterocycles. The van der Waals surface area contributed by atoms with E-state index in [-0.39, 0.29) is 5.41 Å². The number of methoxy groups -OCH3 is 1.